The highest BCUT2D eigenvalue weighted by atomic mass is 16.5. The van der Waals surface area contributed by atoms with Crippen LogP contribution >= 0.6 is 0 Å². The maximum atomic E-state index is 10.2. The van der Waals surface area contributed by atoms with E-state index in [0.29, 0.717) is 11.5 Å². The Morgan fingerprint density at radius 3 is 2.58 bits per heavy atom. The summed E-state index contributed by atoms with van der Waals surface area (Å²) in [6, 6.07) is 13.0. The van der Waals surface area contributed by atoms with E-state index in [1.165, 1.54) is 0 Å². The second-order valence-corrected chi connectivity index (χ2v) is 5.35. The highest BCUT2D eigenvalue weighted by Crippen LogP contribution is 2.29. The first kappa shape index (κ1) is 17.6. The third-order valence-corrected chi connectivity index (χ3v) is 3.52. The Bertz CT molecular complexity index is 716. The van der Waals surface area contributed by atoms with Crippen LogP contribution in [0.5, 0.6) is 11.5 Å². The van der Waals surface area contributed by atoms with E-state index >= 15 is 0 Å². The lowest BCUT2D eigenvalue weighted by atomic mass is 10.1. The molecule has 0 spiro atoms. The number of rotatable bonds is 6. The first-order valence-electron chi connectivity index (χ1n) is 7.57. The fraction of sp³-hybridized carbons (Fsp3) is 0.278. The second-order valence-electron chi connectivity index (χ2n) is 5.35. The summed E-state index contributed by atoms with van der Waals surface area (Å²) in [6.07, 6.45) is -0.698. The smallest absolute Gasteiger partial charge is 0.193 e. The SMILES string of the molecule is COc1ccc(NC(N)=NCC(O)c2cccc(C)c2)cc1OC. The van der Waals surface area contributed by atoms with Crippen molar-refractivity contribution in [1.82, 2.24) is 0 Å². The van der Waals surface area contributed by atoms with Crippen LogP contribution in [0.4, 0.5) is 5.69 Å². The second kappa shape index (κ2) is 8.21. The highest BCUT2D eigenvalue weighted by molar-refractivity contribution is 5.92. The van der Waals surface area contributed by atoms with Crippen molar-refractivity contribution in [3.05, 3.63) is 53.6 Å². The van der Waals surface area contributed by atoms with E-state index in [0.717, 1.165) is 16.8 Å². The lowest BCUT2D eigenvalue weighted by molar-refractivity contribution is 0.187. The number of ether oxygens (including phenoxy) is 2. The number of hydrogen-bond acceptors (Lipinski definition) is 4. The number of nitrogens with two attached hydrogens (primary N) is 1. The Morgan fingerprint density at radius 2 is 1.92 bits per heavy atom. The molecule has 24 heavy (non-hydrogen) atoms. The number of methoxy groups -OCH3 is 2. The lowest BCUT2D eigenvalue weighted by Crippen LogP contribution is -2.23. The molecule has 1 atom stereocenters. The third-order valence-electron chi connectivity index (χ3n) is 3.52. The molecule has 4 N–H and O–H groups in total. The van der Waals surface area contributed by atoms with E-state index in [1.807, 2.05) is 31.2 Å². The molecule has 0 saturated carbocycles. The van der Waals surface area contributed by atoms with Gasteiger partial charge in [0.05, 0.1) is 26.9 Å². The summed E-state index contributed by atoms with van der Waals surface area (Å²) in [6.45, 7) is 2.15. The van der Waals surface area contributed by atoms with Gasteiger partial charge in [0.15, 0.2) is 17.5 Å². The molecular formula is C18H23N3O3. The summed E-state index contributed by atoms with van der Waals surface area (Å²) in [4.78, 5) is 4.18. The van der Waals surface area contributed by atoms with Crippen LogP contribution in [0.1, 0.15) is 17.2 Å². The van der Waals surface area contributed by atoms with Crippen molar-refractivity contribution in [2.75, 3.05) is 26.1 Å². The molecule has 0 fully saturated rings. The molecule has 2 aromatic carbocycles. The highest BCUT2D eigenvalue weighted by Gasteiger charge is 2.08. The van der Waals surface area contributed by atoms with Crippen molar-refractivity contribution in [2.24, 2.45) is 10.7 Å². The summed E-state index contributed by atoms with van der Waals surface area (Å²) in [5, 5.41) is 13.2. The number of aliphatic hydroxyl groups is 1. The van der Waals surface area contributed by atoms with Gasteiger partial charge in [0.1, 0.15) is 0 Å². The summed E-state index contributed by atoms with van der Waals surface area (Å²) in [7, 11) is 3.14. The first-order chi connectivity index (χ1) is 11.5. The Morgan fingerprint density at radius 1 is 1.17 bits per heavy atom. The zero-order chi connectivity index (χ0) is 17.5. The molecule has 2 aromatic rings. The van der Waals surface area contributed by atoms with Gasteiger partial charge < -0.3 is 25.6 Å². The van der Waals surface area contributed by atoms with Crippen molar-refractivity contribution in [3.8, 4) is 11.5 Å². The molecule has 0 saturated heterocycles. The molecule has 6 heteroatoms. The molecule has 1 unspecified atom stereocenters. The average molecular weight is 329 g/mol. The molecule has 0 amide bonds. The number of benzene rings is 2. The summed E-state index contributed by atoms with van der Waals surface area (Å²) in [5.41, 5.74) is 8.51. The van der Waals surface area contributed by atoms with Gasteiger partial charge in [-0.1, -0.05) is 29.8 Å². The van der Waals surface area contributed by atoms with E-state index in [2.05, 4.69) is 10.3 Å². The van der Waals surface area contributed by atoms with E-state index in [4.69, 9.17) is 15.2 Å². The number of guanidine groups is 1. The monoisotopic (exact) mass is 329 g/mol. The summed E-state index contributed by atoms with van der Waals surface area (Å²) >= 11 is 0. The predicted molar refractivity (Wildman–Crippen MR) is 95.8 cm³/mol. The van der Waals surface area contributed by atoms with Gasteiger partial charge in [-0.25, -0.2) is 0 Å². The Kier molecular flexibility index (Phi) is 6.03. The molecule has 6 nitrogen and oxygen atoms in total. The van der Waals surface area contributed by atoms with Gasteiger partial charge in [-0.15, -0.1) is 0 Å². The molecule has 2 rings (SSSR count). The maximum absolute atomic E-state index is 10.2. The minimum absolute atomic E-state index is 0.176. The molecule has 0 aliphatic carbocycles. The number of aliphatic hydroxyl groups excluding tert-OH is 1. The largest absolute Gasteiger partial charge is 0.493 e. The van der Waals surface area contributed by atoms with Crippen LogP contribution in [0.15, 0.2) is 47.5 Å². The third kappa shape index (κ3) is 4.63. The zero-order valence-corrected chi connectivity index (χ0v) is 14.1. The number of hydrogen-bond donors (Lipinski definition) is 3. The van der Waals surface area contributed by atoms with Crippen LogP contribution < -0.4 is 20.5 Å². The van der Waals surface area contributed by atoms with Crippen molar-refractivity contribution in [1.29, 1.82) is 0 Å². The molecule has 0 radical (unpaired) electrons. The predicted octanol–water partition coefficient (Wildman–Crippen LogP) is 2.47. The average Bonchev–Trinajstić information content (AvgIpc) is 2.59. The van der Waals surface area contributed by atoms with Crippen LogP contribution in [0.2, 0.25) is 0 Å². The number of aryl methyl sites for hydroxylation is 1. The molecule has 0 aromatic heterocycles. The molecule has 128 valence electrons. The van der Waals surface area contributed by atoms with Crippen LogP contribution in [0.25, 0.3) is 0 Å². The van der Waals surface area contributed by atoms with Crippen LogP contribution in [0.3, 0.4) is 0 Å². The normalized spacial score (nSPS) is 12.6. The van der Waals surface area contributed by atoms with Crippen molar-refractivity contribution in [2.45, 2.75) is 13.0 Å². The van der Waals surface area contributed by atoms with Crippen LogP contribution in [-0.2, 0) is 0 Å². The molecule has 0 bridgehead atoms. The van der Waals surface area contributed by atoms with Gasteiger partial charge in [-0.05, 0) is 24.6 Å². The van der Waals surface area contributed by atoms with Gasteiger partial charge in [0, 0.05) is 11.8 Å². The lowest BCUT2D eigenvalue weighted by Gasteiger charge is -2.12. The molecule has 0 aliphatic rings. The van der Waals surface area contributed by atoms with Crippen molar-refractivity contribution < 1.29 is 14.6 Å². The van der Waals surface area contributed by atoms with Gasteiger partial charge >= 0.3 is 0 Å². The Labute approximate surface area is 141 Å². The van der Waals surface area contributed by atoms with E-state index in [9.17, 15) is 5.11 Å². The Hall–Kier alpha value is -2.73. The minimum atomic E-state index is -0.698. The number of nitrogens with one attached hydrogen (secondary N) is 1. The van der Waals surface area contributed by atoms with E-state index in [1.54, 1.807) is 32.4 Å². The van der Waals surface area contributed by atoms with Gasteiger partial charge in [-0.3, -0.25) is 4.99 Å². The van der Waals surface area contributed by atoms with Gasteiger partial charge in [0.25, 0.3) is 0 Å². The van der Waals surface area contributed by atoms with Crippen molar-refractivity contribution in [3.63, 3.8) is 0 Å². The van der Waals surface area contributed by atoms with Gasteiger partial charge in [0.2, 0.25) is 0 Å². The number of anilines is 1. The molecular weight excluding hydrogens is 306 g/mol. The number of nitrogens with zero attached hydrogens (tertiary/aromatic N) is 1. The summed E-state index contributed by atoms with van der Waals surface area (Å²) < 4.78 is 10.4. The zero-order valence-electron chi connectivity index (χ0n) is 14.1. The molecule has 0 heterocycles. The van der Waals surface area contributed by atoms with Crippen molar-refractivity contribution >= 4 is 11.6 Å². The van der Waals surface area contributed by atoms with E-state index < -0.39 is 6.10 Å². The quantitative estimate of drug-likeness (QED) is 0.559. The minimum Gasteiger partial charge on any atom is -0.493 e. The first-order valence-corrected chi connectivity index (χ1v) is 7.57. The van der Waals surface area contributed by atoms with E-state index in [-0.39, 0.29) is 12.5 Å². The van der Waals surface area contributed by atoms with Crippen LogP contribution in [0, 0.1) is 6.92 Å². The summed E-state index contributed by atoms with van der Waals surface area (Å²) in [5.74, 6) is 1.44. The Balaban J connectivity index is 2.01. The molecule has 0 aliphatic heterocycles. The fourth-order valence-electron chi connectivity index (χ4n) is 2.27. The van der Waals surface area contributed by atoms with Crippen LogP contribution in [-0.4, -0.2) is 31.8 Å². The topological polar surface area (TPSA) is 89.1 Å². The number of aliphatic imine (C=N–C) groups is 1. The fourth-order valence-corrected chi connectivity index (χ4v) is 2.27. The van der Waals surface area contributed by atoms with Gasteiger partial charge in [-0.2, -0.15) is 0 Å². The maximum Gasteiger partial charge on any atom is 0.193 e. The standard InChI is InChI=1S/C18H23N3O3/c1-12-5-4-6-13(9-12)15(22)11-20-18(19)21-14-7-8-16(23-2)17(10-14)24-3/h4-10,15,22H,11H2,1-3H3,(H3,19,20,21).